The zero-order chi connectivity index (χ0) is 26.0. The Morgan fingerprint density at radius 1 is 0.750 bits per heavy atom. The van der Waals surface area contributed by atoms with Gasteiger partial charge in [-0.25, -0.2) is 4.79 Å². The van der Waals surface area contributed by atoms with Crippen LogP contribution in [0.15, 0.2) is 36.4 Å². The molecule has 0 fully saturated rings. The minimum absolute atomic E-state index is 0.0215. The zero-order valence-corrected chi connectivity index (χ0v) is 22.1. The zero-order valence-electron chi connectivity index (χ0n) is 22.1. The van der Waals surface area contributed by atoms with Gasteiger partial charge < -0.3 is 24.4 Å². The first-order chi connectivity index (χ1) is 17.5. The number of methoxy groups -OCH3 is 1. The normalized spacial score (nSPS) is 10.8. The molecular formula is C30H44O6. The lowest BCUT2D eigenvalue weighted by Gasteiger charge is -2.12. The number of hydrogen-bond acceptors (Lipinski definition) is 6. The van der Waals surface area contributed by atoms with Gasteiger partial charge >= 0.3 is 5.97 Å². The van der Waals surface area contributed by atoms with E-state index in [9.17, 15) is 15.0 Å². The fraction of sp³-hybridized carbons (Fsp3) is 0.567. The van der Waals surface area contributed by atoms with Crippen LogP contribution in [0.3, 0.4) is 0 Å². The molecule has 200 valence electrons. The molecule has 0 spiro atoms. The predicted molar refractivity (Wildman–Crippen MR) is 143 cm³/mol. The largest absolute Gasteiger partial charge is 0.504 e. The number of unbranched alkanes of at least 4 members (excludes halogenated alkanes) is 10. The van der Waals surface area contributed by atoms with E-state index in [1.807, 2.05) is 12.1 Å². The summed E-state index contributed by atoms with van der Waals surface area (Å²) < 4.78 is 16.7. The fourth-order valence-corrected chi connectivity index (χ4v) is 4.14. The van der Waals surface area contributed by atoms with E-state index < -0.39 is 5.97 Å². The standard InChI is InChI=1S/C30H44O6/c1-3-4-5-6-7-8-10-13-19-35-26-21-25(30(33)34-2)22-27(23-26)36-20-14-11-9-12-16-24-17-15-18-28(31)29(24)32/h15,17-18,21-23,31-32H,3-14,16,19-20H2,1-2H3. The molecular weight excluding hydrogens is 456 g/mol. The van der Waals surface area contributed by atoms with Crippen molar-refractivity contribution in [1.82, 2.24) is 0 Å². The molecule has 0 unspecified atom stereocenters. The summed E-state index contributed by atoms with van der Waals surface area (Å²) in [5.74, 6) is 0.728. The number of phenols is 2. The van der Waals surface area contributed by atoms with Crippen molar-refractivity contribution >= 4 is 5.97 Å². The maximum atomic E-state index is 12.1. The van der Waals surface area contributed by atoms with Crippen LogP contribution in [-0.2, 0) is 11.2 Å². The molecule has 0 saturated carbocycles. The Labute approximate surface area is 216 Å². The minimum atomic E-state index is -0.410. The summed E-state index contributed by atoms with van der Waals surface area (Å²) in [5.41, 5.74) is 1.19. The van der Waals surface area contributed by atoms with Gasteiger partial charge in [0.1, 0.15) is 11.5 Å². The average molecular weight is 501 g/mol. The van der Waals surface area contributed by atoms with Gasteiger partial charge in [0.25, 0.3) is 0 Å². The molecule has 0 amide bonds. The molecule has 2 aromatic carbocycles. The third-order valence-electron chi connectivity index (χ3n) is 6.28. The molecule has 36 heavy (non-hydrogen) atoms. The Balaban J connectivity index is 1.70. The van der Waals surface area contributed by atoms with Crippen molar-refractivity contribution in [3.63, 3.8) is 0 Å². The predicted octanol–water partition coefficient (Wildman–Crippen LogP) is 7.59. The summed E-state index contributed by atoms with van der Waals surface area (Å²) in [4.78, 5) is 12.1. The number of phenolic OH excluding ortho intramolecular Hbond substituents is 2. The van der Waals surface area contributed by atoms with E-state index >= 15 is 0 Å². The molecule has 6 heteroatoms. The molecule has 0 aliphatic heterocycles. The Morgan fingerprint density at radius 3 is 1.89 bits per heavy atom. The highest BCUT2D eigenvalue weighted by Crippen LogP contribution is 2.29. The number of carbonyl (C=O) groups excluding carboxylic acids is 1. The summed E-state index contributed by atoms with van der Waals surface area (Å²) in [6.07, 6.45) is 14.4. The number of carbonyl (C=O) groups is 1. The molecule has 2 N–H and O–H groups in total. The number of hydrogen-bond donors (Lipinski definition) is 2. The Morgan fingerprint density at radius 2 is 1.31 bits per heavy atom. The van der Waals surface area contributed by atoms with Crippen molar-refractivity contribution in [3.8, 4) is 23.0 Å². The number of esters is 1. The molecule has 0 aromatic heterocycles. The van der Waals surface area contributed by atoms with E-state index in [-0.39, 0.29) is 11.5 Å². The summed E-state index contributed by atoms with van der Waals surface area (Å²) in [6, 6.07) is 10.3. The Bertz CT molecular complexity index is 895. The average Bonchev–Trinajstić information content (AvgIpc) is 2.89. The van der Waals surface area contributed by atoms with E-state index in [0.29, 0.717) is 30.3 Å². The number of aromatic hydroxyl groups is 2. The second kappa shape index (κ2) is 17.5. The van der Waals surface area contributed by atoms with Gasteiger partial charge in [0.05, 0.1) is 25.9 Å². The number of ether oxygens (including phenoxy) is 3. The summed E-state index contributed by atoms with van der Waals surface area (Å²) in [7, 11) is 1.37. The fourth-order valence-electron chi connectivity index (χ4n) is 4.14. The van der Waals surface area contributed by atoms with Gasteiger partial charge in [-0.05, 0) is 49.4 Å². The molecule has 2 rings (SSSR count). The number of para-hydroxylation sites is 1. The molecule has 0 heterocycles. The molecule has 0 aliphatic rings. The molecule has 6 nitrogen and oxygen atoms in total. The van der Waals surface area contributed by atoms with Crippen LogP contribution >= 0.6 is 0 Å². The first-order valence-corrected chi connectivity index (χ1v) is 13.5. The molecule has 2 aromatic rings. The Hall–Kier alpha value is -2.89. The maximum Gasteiger partial charge on any atom is 0.338 e. The first-order valence-electron chi connectivity index (χ1n) is 13.5. The maximum absolute atomic E-state index is 12.1. The van der Waals surface area contributed by atoms with Crippen molar-refractivity contribution in [2.45, 2.75) is 90.4 Å². The molecule has 0 saturated heterocycles. The van der Waals surface area contributed by atoms with Crippen LogP contribution in [0.1, 0.15) is 99.9 Å². The van der Waals surface area contributed by atoms with Crippen molar-refractivity contribution in [2.75, 3.05) is 20.3 Å². The summed E-state index contributed by atoms with van der Waals surface area (Å²) >= 11 is 0. The van der Waals surface area contributed by atoms with Gasteiger partial charge in [0, 0.05) is 6.07 Å². The van der Waals surface area contributed by atoms with E-state index in [0.717, 1.165) is 50.5 Å². The lowest BCUT2D eigenvalue weighted by Crippen LogP contribution is -2.05. The van der Waals surface area contributed by atoms with Crippen LogP contribution in [0.5, 0.6) is 23.0 Å². The second-order valence-corrected chi connectivity index (χ2v) is 9.31. The molecule has 0 radical (unpaired) electrons. The van der Waals surface area contributed by atoms with Crippen molar-refractivity contribution in [1.29, 1.82) is 0 Å². The quantitative estimate of drug-likeness (QED) is 0.117. The highest BCUT2D eigenvalue weighted by atomic mass is 16.5. The lowest BCUT2D eigenvalue weighted by atomic mass is 10.0. The van der Waals surface area contributed by atoms with Crippen LogP contribution in [0.2, 0.25) is 0 Å². The van der Waals surface area contributed by atoms with E-state index in [2.05, 4.69) is 6.92 Å². The van der Waals surface area contributed by atoms with Gasteiger partial charge in [0.2, 0.25) is 0 Å². The van der Waals surface area contributed by atoms with E-state index in [4.69, 9.17) is 14.2 Å². The van der Waals surface area contributed by atoms with Crippen LogP contribution in [-0.4, -0.2) is 36.5 Å². The highest BCUT2D eigenvalue weighted by Gasteiger charge is 2.11. The van der Waals surface area contributed by atoms with Crippen molar-refractivity contribution in [3.05, 3.63) is 47.5 Å². The van der Waals surface area contributed by atoms with Gasteiger partial charge in [-0.3, -0.25) is 0 Å². The SMILES string of the molecule is CCCCCCCCCCOc1cc(OCCCCCCc2cccc(O)c2O)cc(C(=O)OC)c1. The van der Waals surface area contributed by atoms with Gasteiger partial charge in [-0.2, -0.15) is 0 Å². The van der Waals surface area contributed by atoms with Crippen molar-refractivity contribution in [2.24, 2.45) is 0 Å². The van der Waals surface area contributed by atoms with Crippen molar-refractivity contribution < 1.29 is 29.2 Å². The third kappa shape index (κ3) is 11.2. The minimum Gasteiger partial charge on any atom is -0.504 e. The van der Waals surface area contributed by atoms with Gasteiger partial charge in [-0.15, -0.1) is 0 Å². The van der Waals surface area contributed by atoms with E-state index in [1.165, 1.54) is 51.7 Å². The van der Waals surface area contributed by atoms with E-state index in [1.54, 1.807) is 18.2 Å². The van der Waals surface area contributed by atoms with Crippen LogP contribution in [0.4, 0.5) is 0 Å². The first kappa shape index (κ1) is 29.3. The summed E-state index contributed by atoms with van der Waals surface area (Å²) in [6.45, 7) is 3.40. The Kier molecular flexibility index (Phi) is 14.3. The number of rotatable bonds is 19. The topological polar surface area (TPSA) is 85.2 Å². The van der Waals surface area contributed by atoms with Crippen LogP contribution < -0.4 is 9.47 Å². The monoisotopic (exact) mass is 500 g/mol. The molecule has 0 atom stereocenters. The number of aryl methyl sites for hydroxylation is 1. The second-order valence-electron chi connectivity index (χ2n) is 9.31. The van der Waals surface area contributed by atoms with Gasteiger partial charge in [-0.1, -0.05) is 76.8 Å². The summed E-state index contributed by atoms with van der Waals surface area (Å²) in [5, 5.41) is 19.5. The third-order valence-corrected chi connectivity index (χ3v) is 6.28. The smallest absolute Gasteiger partial charge is 0.338 e. The van der Waals surface area contributed by atoms with Crippen LogP contribution in [0, 0.1) is 0 Å². The highest BCUT2D eigenvalue weighted by molar-refractivity contribution is 5.90. The van der Waals surface area contributed by atoms with Gasteiger partial charge in [0.15, 0.2) is 11.5 Å². The number of benzene rings is 2. The molecule has 0 bridgehead atoms. The lowest BCUT2D eigenvalue weighted by molar-refractivity contribution is 0.0599. The van der Waals surface area contributed by atoms with Crippen LogP contribution in [0.25, 0.3) is 0 Å². The molecule has 0 aliphatic carbocycles.